The predicted octanol–water partition coefficient (Wildman–Crippen LogP) is 2.71. The second-order valence-corrected chi connectivity index (χ2v) is 10.7. The highest BCUT2D eigenvalue weighted by Crippen LogP contribution is 2.34. The Bertz CT molecular complexity index is 1020. The van der Waals surface area contributed by atoms with Crippen LogP contribution >= 0.6 is 11.3 Å². The number of halogens is 2. The third-order valence-corrected chi connectivity index (χ3v) is 7.50. The van der Waals surface area contributed by atoms with Crippen molar-refractivity contribution in [2.75, 3.05) is 24.5 Å². The first kappa shape index (κ1) is 21.8. The molecule has 7 nitrogen and oxygen atoms in total. The summed E-state index contributed by atoms with van der Waals surface area (Å²) in [5.41, 5.74) is 4.87. The monoisotopic (exact) mass is 446 g/mol. The molecule has 11 heteroatoms. The predicted molar refractivity (Wildman–Crippen MR) is 109 cm³/mol. The Morgan fingerprint density at radius 3 is 2.76 bits per heavy atom. The van der Waals surface area contributed by atoms with Gasteiger partial charge in [0.15, 0.2) is 5.13 Å². The van der Waals surface area contributed by atoms with Gasteiger partial charge in [-0.2, -0.15) is 0 Å². The van der Waals surface area contributed by atoms with Gasteiger partial charge in [-0.3, -0.25) is 4.79 Å². The van der Waals surface area contributed by atoms with Crippen LogP contribution in [0, 0.1) is 5.41 Å². The molecule has 1 aliphatic heterocycles. The Morgan fingerprint density at radius 2 is 2.07 bits per heavy atom. The Labute approximate surface area is 172 Å². The summed E-state index contributed by atoms with van der Waals surface area (Å²) >= 11 is 1.28. The molecule has 0 atom stereocenters. The van der Waals surface area contributed by atoms with E-state index in [2.05, 4.69) is 9.71 Å². The van der Waals surface area contributed by atoms with Crippen LogP contribution in [0.25, 0.3) is 10.2 Å². The second-order valence-electron chi connectivity index (χ2n) is 7.90. The van der Waals surface area contributed by atoms with Crippen molar-refractivity contribution in [1.29, 1.82) is 0 Å². The number of carbonyl (C=O) groups is 1. The lowest BCUT2D eigenvalue weighted by Crippen LogP contribution is -2.42. The number of thiazole rings is 1. The summed E-state index contributed by atoms with van der Waals surface area (Å²) in [5.74, 6) is -3.26. The molecular formula is C18H24F2N4O3S2. The van der Waals surface area contributed by atoms with Crippen LogP contribution in [-0.2, 0) is 14.8 Å². The Morgan fingerprint density at radius 1 is 1.34 bits per heavy atom. The molecule has 3 rings (SSSR count). The Kier molecular flexibility index (Phi) is 5.85. The molecule has 0 bridgehead atoms. The Hall–Kier alpha value is -1.85. The zero-order valence-corrected chi connectivity index (χ0v) is 17.9. The minimum Gasteiger partial charge on any atom is -0.369 e. The normalized spacial score (nSPS) is 18.0. The lowest BCUT2D eigenvalue weighted by molar-refractivity contribution is -0.125. The Balaban J connectivity index is 1.81. The van der Waals surface area contributed by atoms with Gasteiger partial charge in [-0.05, 0) is 38.5 Å². The van der Waals surface area contributed by atoms with Gasteiger partial charge in [0.1, 0.15) is 0 Å². The van der Waals surface area contributed by atoms with E-state index in [-0.39, 0.29) is 30.8 Å². The SMILES string of the molecule is CC(C)(CNS(=O)(=O)c1ccc2nc(N3CCCC(F)(F)CC3)sc2c1)C(N)=O. The van der Waals surface area contributed by atoms with Crippen molar-refractivity contribution in [3.05, 3.63) is 18.2 Å². The van der Waals surface area contributed by atoms with Crippen molar-refractivity contribution in [2.45, 2.75) is 43.9 Å². The third kappa shape index (κ3) is 5.01. The third-order valence-electron chi connectivity index (χ3n) is 5.02. The summed E-state index contributed by atoms with van der Waals surface area (Å²) in [5, 5.41) is 0.607. The van der Waals surface area contributed by atoms with Crippen LogP contribution in [0.5, 0.6) is 0 Å². The number of nitrogens with one attached hydrogen (secondary N) is 1. The number of nitrogens with zero attached hydrogens (tertiary/aromatic N) is 2. The topological polar surface area (TPSA) is 105 Å². The van der Waals surface area contributed by atoms with Gasteiger partial charge in [-0.15, -0.1) is 0 Å². The fourth-order valence-electron chi connectivity index (χ4n) is 2.90. The molecule has 0 spiro atoms. The number of hydrogen-bond donors (Lipinski definition) is 2. The number of primary amides is 1. The zero-order valence-electron chi connectivity index (χ0n) is 16.2. The van der Waals surface area contributed by atoms with Crippen LogP contribution in [0.1, 0.15) is 33.1 Å². The number of anilines is 1. The fraction of sp³-hybridized carbons (Fsp3) is 0.556. The van der Waals surface area contributed by atoms with Gasteiger partial charge in [-0.1, -0.05) is 11.3 Å². The van der Waals surface area contributed by atoms with Crippen molar-refractivity contribution in [3.63, 3.8) is 0 Å². The number of rotatable bonds is 6. The first-order valence-corrected chi connectivity index (χ1v) is 11.5. The van der Waals surface area contributed by atoms with Gasteiger partial charge in [0.2, 0.25) is 21.9 Å². The molecule has 29 heavy (non-hydrogen) atoms. The number of alkyl halides is 2. The standard InChI is InChI=1S/C18H24F2N4O3S2/c1-17(2,15(21)25)11-22-29(26,27)12-4-5-13-14(10-12)28-16(23-13)24-8-3-6-18(19,20)7-9-24/h4-5,10,22H,3,6-9,11H2,1-2H3,(H2,21,25). The number of carbonyl (C=O) groups excluding carboxylic acids is 1. The van der Waals surface area contributed by atoms with Crippen LogP contribution in [0.2, 0.25) is 0 Å². The van der Waals surface area contributed by atoms with E-state index in [9.17, 15) is 22.0 Å². The molecule has 160 valence electrons. The number of amides is 1. The molecule has 1 aromatic heterocycles. The molecule has 2 aromatic rings. The first-order valence-electron chi connectivity index (χ1n) is 9.23. The molecule has 0 saturated carbocycles. The number of nitrogens with two attached hydrogens (primary N) is 1. The van der Waals surface area contributed by atoms with E-state index in [1.54, 1.807) is 19.9 Å². The minimum atomic E-state index is -3.85. The van der Waals surface area contributed by atoms with Crippen molar-refractivity contribution in [2.24, 2.45) is 11.1 Å². The van der Waals surface area contributed by atoms with E-state index in [4.69, 9.17) is 5.73 Å². The smallest absolute Gasteiger partial charge is 0.249 e. The maximum absolute atomic E-state index is 13.6. The quantitative estimate of drug-likeness (QED) is 0.710. The van der Waals surface area contributed by atoms with E-state index in [0.717, 1.165) is 0 Å². The van der Waals surface area contributed by atoms with E-state index in [0.29, 0.717) is 28.3 Å². The highest BCUT2D eigenvalue weighted by molar-refractivity contribution is 7.89. The molecule has 0 radical (unpaired) electrons. The minimum absolute atomic E-state index is 0.0443. The second kappa shape index (κ2) is 7.77. The summed E-state index contributed by atoms with van der Waals surface area (Å²) < 4.78 is 55.5. The number of hydrogen-bond acceptors (Lipinski definition) is 6. The van der Waals surface area contributed by atoms with Gasteiger partial charge < -0.3 is 10.6 Å². The number of sulfonamides is 1. The van der Waals surface area contributed by atoms with Crippen LogP contribution in [0.4, 0.5) is 13.9 Å². The summed E-state index contributed by atoms with van der Waals surface area (Å²) in [6.07, 6.45) is 0.0222. The van der Waals surface area contributed by atoms with Gasteiger partial charge in [0.05, 0.1) is 20.5 Å². The molecule has 1 aromatic carbocycles. The molecule has 1 fully saturated rings. The lowest BCUT2D eigenvalue weighted by atomic mass is 9.93. The number of aromatic nitrogens is 1. The lowest BCUT2D eigenvalue weighted by Gasteiger charge is -2.20. The average molecular weight is 447 g/mol. The molecule has 1 amide bonds. The van der Waals surface area contributed by atoms with Crippen LogP contribution in [0.3, 0.4) is 0 Å². The van der Waals surface area contributed by atoms with Crippen molar-refractivity contribution >= 4 is 42.6 Å². The maximum Gasteiger partial charge on any atom is 0.249 e. The fourth-order valence-corrected chi connectivity index (χ4v) is 5.27. The zero-order chi connectivity index (χ0) is 21.4. The van der Waals surface area contributed by atoms with E-state index in [1.165, 1.54) is 23.5 Å². The highest BCUT2D eigenvalue weighted by atomic mass is 32.2. The van der Waals surface area contributed by atoms with Gasteiger partial charge >= 0.3 is 0 Å². The molecule has 0 aliphatic carbocycles. The molecule has 1 aliphatic rings. The summed E-state index contributed by atoms with van der Waals surface area (Å²) in [6, 6.07) is 4.53. The average Bonchev–Trinajstić information content (AvgIpc) is 2.97. The van der Waals surface area contributed by atoms with Gasteiger partial charge in [-0.25, -0.2) is 26.9 Å². The highest BCUT2D eigenvalue weighted by Gasteiger charge is 2.32. The van der Waals surface area contributed by atoms with Crippen LogP contribution < -0.4 is 15.4 Å². The maximum atomic E-state index is 13.6. The van der Waals surface area contributed by atoms with Crippen molar-refractivity contribution in [1.82, 2.24) is 9.71 Å². The summed E-state index contributed by atoms with van der Waals surface area (Å²) in [6.45, 7) is 3.69. The van der Waals surface area contributed by atoms with E-state index in [1.807, 2.05) is 4.90 Å². The molecule has 3 N–H and O–H groups in total. The summed E-state index contributed by atoms with van der Waals surface area (Å²) in [4.78, 5) is 17.7. The molecular weight excluding hydrogens is 422 g/mol. The van der Waals surface area contributed by atoms with Crippen molar-refractivity contribution < 1.29 is 22.0 Å². The van der Waals surface area contributed by atoms with Gasteiger partial charge in [0, 0.05) is 32.5 Å². The van der Waals surface area contributed by atoms with Crippen LogP contribution in [-0.4, -0.2) is 44.9 Å². The van der Waals surface area contributed by atoms with Gasteiger partial charge in [0.25, 0.3) is 0 Å². The molecule has 1 saturated heterocycles. The van der Waals surface area contributed by atoms with Crippen LogP contribution in [0.15, 0.2) is 23.1 Å². The number of benzene rings is 1. The molecule has 0 unspecified atom stereocenters. The van der Waals surface area contributed by atoms with E-state index < -0.39 is 27.3 Å². The summed E-state index contributed by atoms with van der Waals surface area (Å²) in [7, 11) is -3.85. The van der Waals surface area contributed by atoms with E-state index >= 15 is 0 Å². The van der Waals surface area contributed by atoms with Crippen molar-refractivity contribution in [3.8, 4) is 0 Å². The number of fused-ring (bicyclic) bond motifs is 1. The molecule has 2 heterocycles. The first-order chi connectivity index (χ1) is 13.4. The largest absolute Gasteiger partial charge is 0.369 e.